The molecule has 0 aromatic heterocycles. The van der Waals surface area contributed by atoms with Crippen LogP contribution in [0.5, 0.6) is 5.75 Å². The van der Waals surface area contributed by atoms with Crippen molar-refractivity contribution in [2.24, 2.45) is 0 Å². The standard InChI is InChI=1S/C12H15BrN2O3/c1-2-14-11(17)5-6-15-12(18)9-4-3-8(13)7-10(9)16/h3-4,7,16H,2,5-6H2,1H3,(H,14,17)(H,15,18). The molecule has 2 amide bonds. The minimum Gasteiger partial charge on any atom is -0.507 e. The number of benzene rings is 1. The molecule has 0 radical (unpaired) electrons. The van der Waals surface area contributed by atoms with E-state index in [1.807, 2.05) is 6.92 Å². The van der Waals surface area contributed by atoms with E-state index in [9.17, 15) is 14.7 Å². The van der Waals surface area contributed by atoms with E-state index in [1.165, 1.54) is 12.1 Å². The van der Waals surface area contributed by atoms with Crippen LogP contribution >= 0.6 is 15.9 Å². The molecule has 1 aromatic carbocycles. The summed E-state index contributed by atoms with van der Waals surface area (Å²) in [7, 11) is 0. The molecule has 0 unspecified atom stereocenters. The lowest BCUT2D eigenvalue weighted by molar-refractivity contribution is -0.120. The van der Waals surface area contributed by atoms with Crippen molar-refractivity contribution in [1.82, 2.24) is 10.6 Å². The van der Waals surface area contributed by atoms with Gasteiger partial charge in [-0.05, 0) is 25.1 Å². The van der Waals surface area contributed by atoms with Crippen LogP contribution in [0.15, 0.2) is 22.7 Å². The highest BCUT2D eigenvalue weighted by atomic mass is 79.9. The first-order valence-electron chi connectivity index (χ1n) is 5.58. The van der Waals surface area contributed by atoms with Gasteiger partial charge in [0.15, 0.2) is 0 Å². The third-order valence-electron chi connectivity index (χ3n) is 2.22. The monoisotopic (exact) mass is 314 g/mol. The number of hydrogen-bond donors (Lipinski definition) is 3. The number of phenols is 1. The van der Waals surface area contributed by atoms with Crippen molar-refractivity contribution >= 4 is 27.7 Å². The summed E-state index contributed by atoms with van der Waals surface area (Å²) in [6, 6.07) is 4.62. The van der Waals surface area contributed by atoms with E-state index >= 15 is 0 Å². The van der Waals surface area contributed by atoms with Gasteiger partial charge in [-0.3, -0.25) is 9.59 Å². The Hall–Kier alpha value is -1.56. The Balaban J connectivity index is 2.48. The minimum atomic E-state index is -0.399. The zero-order valence-corrected chi connectivity index (χ0v) is 11.6. The van der Waals surface area contributed by atoms with Crippen LogP contribution in [-0.2, 0) is 4.79 Å². The van der Waals surface area contributed by atoms with Crippen molar-refractivity contribution in [3.05, 3.63) is 28.2 Å². The Morgan fingerprint density at radius 3 is 2.67 bits per heavy atom. The third kappa shape index (κ3) is 4.37. The highest BCUT2D eigenvalue weighted by molar-refractivity contribution is 9.10. The molecule has 0 aliphatic rings. The molecule has 0 bridgehead atoms. The zero-order valence-electron chi connectivity index (χ0n) is 10.00. The van der Waals surface area contributed by atoms with Crippen LogP contribution in [0.3, 0.4) is 0 Å². The van der Waals surface area contributed by atoms with Gasteiger partial charge in [0.1, 0.15) is 5.75 Å². The quantitative estimate of drug-likeness (QED) is 0.769. The van der Waals surface area contributed by atoms with E-state index in [1.54, 1.807) is 6.07 Å². The molecule has 0 aliphatic carbocycles. The maximum atomic E-state index is 11.7. The number of carbonyl (C=O) groups excluding carboxylic acids is 2. The Bertz CT molecular complexity index is 449. The Morgan fingerprint density at radius 1 is 1.33 bits per heavy atom. The smallest absolute Gasteiger partial charge is 0.255 e. The molecule has 18 heavy (non-hydrogen) atoms. The summed E-state index contributed by atoms with van der Waals surface area (Å²) < 4.78 is 0.693. The minimum absolute atomic E-state index is 0.0973. The Morgan fingerprint density at radius 2 is 2.06 bits per heavy atom. The molecule has 5 nitrogen and oxygen atoms in total. The molecule has 0 atom stereocenters. The summed E-state index contributed by atoms with van der Waals surface area (Å²) in [6.07, 6.45) is 0.219. The molecular weight excluding hydrogens is 300 g/mol. The molecule has 0 fully saturated rings. The van der Waals surface area contributed by atoms with Crippen molar-refractivity contribution in [2.75, 3.05) is 13.1 Å². The summed E-state index contributed by atoms with van der Waals surface area (Å²) in [5, 5.41) is 14.8. The highest BCUT2D eigenvalue weighted by Gasteiger charge is 2.11. The highest BCUT2D eigenvalue weighted by Crippen LogP contribution is 2.21. The Kier molecular flexibility index (Phi) is 5.64. The number of amides is 2. The van der Waals surface area contributed by atoms with Crippen LogP contribution < -0.4 is 10.6 Å². The van der Waals surface area contributed by atoms with Gasteiger partial charge in [0, 0.05) is 24.0 Å². The van der Waals surface area contributed by atoms with Crippen molar-refractivity contribution in [2.45, 2.75) is 13.3 Å². The van der Waals surface area contributed by atoms with Gasteiger partial charge in [-0.2, -0.15) is 0 Å². The first-order valence-corrected chi connectivity index (χ1v) is 6.37. The SMILES string of the molecule is CCNC(=O)CCNC(=O)c1ccc(Br)cc1O. The molecular formula is C12H15BrN2O3. The van der Waals surface area contributed by atoms with Crippen LogP contribution in [0.2, 0.25) is 0 Å². The van der Waals surface area contributed by atoms with Gasteiger partial charge >= 0.3 is 0 Å². The number of carbonyl (C=O) groups is 2. The van der Waals surface area contributed by atoms with Crippen LogP contribution in [-0.4, -0.2) is 30.0 Å². The summed E-state index contributed by atoms with van der Waals surface area (Å²) >= 11 is 3.19. The van der Waals surface area contributed by atoms with E-state index < -0.39 is 5.91 Å². The molecule has 0 aliphatic heterocycles. The fraction of sp³-hybridized carbons (Fsp3) is 0.333. The predicted molar refractivity (Wildman–Crippen MR) is 71.4 cm³/mol. The number of rotatable bonds is 5. The van der Waals surface area contributed by atoms with Crippen molar-refractivity contribution < 1.29 is 14.7 Å². The summed E-state index contributed by atoms with van der Waals surface area (Å²) in [5.74, 6) is -0.609. The van der Waals surface area contributed by atoms with Gasteiger partial charge < -0.3 is 15.7 Å². The molecule has 98 valence electrons. The number of aromatic hydroxyl groups is 1. The zero-order chi connectivity index (χ0) is 13.5. The van der Waals surface area contributed by atoms with Gasteiger partial charge in [-0.1, -0.05) is 15.9 Å². The lowest BCUT2D eigenvalue weighted by Crippen LogP contribution is -2.30. The summed E-state index contributed by atoms with van der Waals surface area (Å²) in [5.41, 5.74) is 0.189. The second kappa shape index (κ2) is 7.00. The average Bonchev–Trinajstić information content (AvgIpc) is 2.29. The fourth-order valence-electron chi connectivity index (χ4n) is 1.37. The maximum Gasteiger partial charge on any atom is 0.255 e. The second-order valence-electron chi connectivity index (χ2n) is 3.62. The number of hydrogen-bond acceptors (Lipinski definition) is 3. The fourth-order valence-corrected chi connectivity index (χ4v) is 1.72. The van der Waals surface area contributed by atoms with Gasteiger partial charge in [0.2, 0.25) is 5.91 Å². The van der Waals surface area contributed by atoms with Crippen molar-refractivity contribution in [3.8, 4) is 5.75 Å². The molecule has 0 heterocycles. The lowest BCUT2D eigenvalue weighted by Gasteiger charge is -2.07. The van der Waals surface area contributed by atoms with Gasteiger partial charge in [-0.15, -0.1) is 0 Å². The van der Waals surface area contributed by atoms with E-state index in [0.717, 1.165) is 0 Å². The molecule has 6 heteroatoms. The van der Waals surface area contributed by atoms with Crippen molar-refractivity contribution in [1.29, 1.82) is 0 Å². The van der Waals surface area contributed by atoms with Gasteiger partial charge in [0.25, 0.3) is 5.91 Å². The summed E-state index contributed by atoms with van der Waals surface area (Å²) in [4.78, 5) is 22.9. The van der Waals surface area contributed by atoms with E-state index in [-0.39, 0.29) is 30.2 Å². The van der Waals surface area contributed by atoms with Gasteiger partial charge in [0.05, 0.1) is 5.56 Å². The predicted octanol–water partition coefficient (Wildman–Crippen LogP) is 1.41. The van der Waals surface area contributed by atoms with Gasteiger partial charge in [-0.25, -0.2) is 0 Å². The van der Waals surface area contributed by atoms with Crippen LogP contribution in [0, 0.1) is 0 Å². The average molecular weight is 315 g/mol. The molecule has 3 N–H and O–H groups in total. The number of halogens is 1. The maximum absolute atomic E-state index is 11.7. The first-order chi connectivity index (χ1) is 8.54. The molecule has 1 aromatic rings. The van der Waals surface area contributed by atoms with Crippen LogP contribution in [0.4, 0.5) is 0 Å². The van der Waals surface area contributed by atoms with Crippen LogP contribution in [0.1, 0.15) is 23.7 Å². The molecule has 0 spiro atoms. The third-order valence-corrected chi connectivity index (χ3v) is 2.71. The largest absolute Gasteiger partial charge is 0.507 e. The molecule has 1 rings (SSSR count). The van der Waals surface area contributed by atoms with E-state index in [0.29, 0.717) is 11.0 Å². The normalized spacial score (nSPS) is 9.89. The number of nitrogens with one attached hydrogen (secondary N) is 2. The van der Waals surface area contributed by atoms with Crippen LogP contribution in [0.25, 0.3) is 0 Å². The number of phenolic OH excluding ortho intramolecular Hbond substituents is 1. The summed E-state index contributed by atoms with van der Waals surface area (Å²) in [6.45, 7) is 2.64. The Labute approximate surface area is 114 Å². The lowest BCUT2D eigenvalue weighted by atomic mass is 10.2. The second-order valence-corrected chi connectivity index (χ2v) is 4.54. The first kappa shape index (κ1) is 14.5. The van der Waals surface area contributed by atoms with Crippen molar-refractivity contribution in [3.63, 3.8) is 0 Å². The topological polar surface area (TPSA) is 78.4 Å². The van der Waals surface area contributed by atoms with E-state index in [2.05, 4.69) is 26.6 Å². The molecule has 0 saturated heterocycles. The molecule has 0 saturated carbocycles. The van der Waals surface area contributed by atoms with E-state index in [4.69, 9.17) is 0 Å².